The van der Waals surface area contributed by atoms with E-state index in [9.17, 15) is 4.39 Å². The van der Waals surface area contributed by atoms with Crippen LogP contribution in [0.5, 0.6) is 0 Å². The van der Waals surface area contributed by atoms with Gasteiger partial charge in [0.2, 0.25) is 0 Å². The topological polar surface area (TPSA) is 29.3 Å². The van der Waals surface area contributed by atoms with Crippen molar-refractivity contribution in [3.63, 3.8) is 0 Å². The molecule has 3 heteroatoms. The normalized spacial score (nSPS) is 17.6. The molecular formula is C15H23FN2. The molecule has 1 aliphatic rings. The van der Waals surface area contributed by atoms with Crippen LogP contribution in [0.25, 0.3) is 0 Å². The van der Waals surface area contributed by atoms with Crippen LogP contribution in [0.4, 0.5) is 15.8 Å². The van der Waals surface area contributed by atoms with Crippen LogP contribution in [-0.4, -0.2) is 13.1 Å². The van der Waals surface area contributed by atoms with Crippen LogP contribution in [0.2, 0.25) is 0 Å². The van der Waals surface area contributed by atoms with Crippen LogP contribution >= 0.6 is 0 Å². The molecule has 1 fully saturated rings. The van der Waals surface area contributed by atoms with Crippen molar-refractivity contribution in [1.29, 1.82) is 0 Å². The molecule has 1 heterocycles. The molecule has 18 heavy (non-hydrogen) atoms. The number of anilines is 2. The second kappa shape index (κ2) is 5.17. The summed E-state index contributed by atoms with van der Waals surface area (Å²) < 4.78 is 13.8. The van der Waals surface area contributed by atoms with Crippen LogP contribution in [-0.2, 0) is 0 Å². The summed E-state index contributed by atoms with van der Waals surface area (Å²) in [6, 6.07) is 4.99. The number of rotatable bonds is 5. The van der Waals surface area contributed by atoms with Gasteiger partial charge in [0, 0.05) is 24.2 Å². The van der Waals surface area contributed by atoms with Gasteiger partial charge in [0.1, 0.15) is 5.82 Å². The molecule has 100 valence electrons. The van der Waals surface area contributed by atoms with Crippen molar-refractivity contribution in [1.82, 2.24) is 0 Å². The Labute approximate surface area is 109 Å². The Morgan fingerprint density at radius 3 is 2.33 bits per heavy atom. The van der Waals surface area contributed by atoms with Crippen molar-refractivity contribution in [2.75, 3.05) is 23.7 Å². The molecule has 1 aromatic rings. The van der Waals surface area contributed by atoms with Crippen LogP contribution in [0.15, 0.2) is 18.2 Å². The van der Waals surface area contributed by atoms with E-state index in [1.54, 1.807) is 12.1 Å². The number of nitrogens with two attached hydrogens (primary N) is 1. The minimum atomic E-state index is -0.198. The fraction of sp³-hybridized carbons (Fsp3) is 0.600. The number of benzene rings is 1. The standard InChI is InChI=1S/C15H23FN2/c1-3-7-15(8-4-2)10-18(11-15)14-6-5-12(17)9-13(14)16/h5-6,9H,3-4,7-8,10-11,17H2,1-2H3. The van der Waals surface area contributed by atoms with Crippen LogP contribution in [0.3, 0.4) is 0 Å². The fourth-order valence-corrected chi connectivity index (χ4v) is 3.22. The second-order valence-corrected chi connectivity index (χ2v) is 5.57. The monoisotopic (exact) mass is 250 g/mol. The lowest BCUT2D eigenvalue weighted by Crippen LogP contribution is -2.56. The number of nitrogen functional groups attached to an aromatic ring is 1. The molecule has 0 spiro atoms. The van der Waals surface area contributed by atoms with E-state index in [0.717, 1.165) is 13.1 Å². The predicted octanol–water partition coefficient (Wildman–Crippen LogP) is 3.81. The minimum Gasteiger partial charge on any atom is -0.399 e. The Morgan fingerprint density at radius 2 is 1.83 bits per heavy atom. The molecule has 1 aliphatic heterocycles. The van der Waals surface area contributed by atoms with Gasteiger partial charge in [-0.25, -0.2) is 4.39 Å². The Bertz CT molecular complexity index is 403. The van der Waals surface area contributed by atoms with E-state index in [1.165, 1.54) is 31.7 Å². The maximum atomic E-state index is 13.8. The molecule has 2 rings (SSSR count). The summed E-state index contributed by atoms with van der Waals surface area (Å²) >= 11 is 0. The fourth-order valence-electron chi connectivity index (χ4n) is 3.22. The minimum absolute atomic E-state index is 0.198. The van der Waals surface area contributed by atoms with E-state index in [4.69, 9.17) is 5.73 Å². The van der Waals surface area contributed by atoms with Gasteiger partial charge >= 0.3 is 0 Å². The number of hydrogen-bond donors (Lipinski definition) is 1. The molecule has 0 amide bonds. The summed E-state index contributed by atoms with van der Waals surface area (Å²) in [6.45, 7) is 6.42. The van der Waals surface area contributed by atoms with Crippen molar-refractivity contribution in [3.05, 3.63) is 24.0 Å². The van der Waals surface area contributed by atoms with Crippen molar-refractivity contribution in [2.24, 2.45) is 5.41 Å². The predicted molar refractivity (Wildman–Crippen MR) is 75.3 cm³/mol. The van der Waals surface area contributed by atoms with Gasteiger partial charge in [-0.05, 0) is 31.0 Å². The van der Waals surface area contributed by atoms with Crippen LogP contribution < -0.4 is 10.6 Å². The second-order valence-electron chi connectivity index (χ2n) is 5.57. The SMILES string of the molecule is CCCC1(CCC)CN(c2ccc(N)cc2F)C1. The average molecular weight is 250 g/mol. The van der Waals surface area contributed by atoms with Gasteiger partial charge < -0.3 is 10.6 Å². The first-order chi connectivity index (χ1) is 8.60. The Kier molecular flexibility index (Phi) is 3.79. The zero-order valence-corrected chi connectivity index (χ0v) is 11.4. The maximum Gasteiger partial charge on any atom is 0.148 e. The van der Waals surface area contributed by atoms with Gasteiger partial charge in [0.15, 0.2) is 0 Å². The van der Waals surface area contributed by atoms with Crippen molar-refractivity contribution in [2.45, 2.75) is 39.5 Å². The molecule has 0 radical (unpaired) electrons. The zero-order chi connectivity index (χ0) is 13.2. The highest BCUT2D eigenvalue weighted by Crippen LogP contribution is 2.42. The van der Waals surface area contributed by atoms with E-state index in [0.29, 0.717) is 16.8 Å². The lowest BCUT2D eigenvalue weighted by Gasteiger charge is -2.52. The molecule has 0 aliphatic carbocycles. The van der Waals surface area contributed by atoms with E-state index in [-0.39, 0.29) is 5.82 Å². The first-order valence-electron chi connectivity index (χ1n) is 6.90. The van der Waals surface area contributed by atoms with Gasteiger partial charge in [-0.1, -0.05) is 26.7 Å². The van der Waals surface area contributed by atoms with E-state index >= 15 is 0 Å². The van der Waals surface area contributed by atoms with Crippen molar-refractivity contribution >= 4 is 11.4 Å². The van der Waals surface area contributed by atoms with Crippen molar-refractivity contribution in [3.8, 4) is 0 Å². The highest BCUT2D eigenvalue weighted by molar-refractivity contribution is 5.56. The smallest absolute Gasteiger partial charge is 0.148 e. The highest BCUT2D eigenvalue weighted by Gasteiger charge is 2.41. The van der Waals surface area contributed by atoms with Gasteiger partial charge in [-0.3, -0.25) is 0 Å². The molecular weight excluding hydrogens is 227 g/mol. The summed E-state index contributed by atoms with van der Waals surface area (Å²) in [5, 5.41) is 0. The summed E-state index contributed by atoms with van der Waals surface area (Å²) in [4.78, 5) is 2.14. The molecule has 2 N–H and O–H groups in total. The third-order valence-corrected chi connectivity index (χ3v) is 3.93. The Morgan fingerprint density at radius 1 is 1.22 bits per heavy atom. The number of halogens is 1. The number of hydrogen-bond acceptors (Lipinski definition) is 2. The van der Waals surface area contributed by atoms with Crippen LogP contribution in [0.1, 0.15) is 39.5 Å². The molecule has 0 aromatic heterocycles. The molecule has 0 saturated carbocycles. The first-order valence-corrected chi connectivity index (χ1v) is 6.90. The zero-order valence-electron chi connectivity index (χ0n) is 11.4. The van der Waals surface area contributed by atoms with E-state index in [2.05, 4.69) is 18.7 Å². The maximum absolute atomic E-state index is 13.8. The molecule has 1 aromatic carbocycles. The lowest BCUT2D eigenvalue weighted by molar-refractivity contribution is 0.172. The summed E-state index contributed by atoms with van der Waals surface area (Å²) in [5.41, 5.74) is 7.18. The summed E-state index contributed by atoms with van der Waals surface area (Å²) in [7, 11) is 0. The highest BCUT2D eigenvalue weighted by atomic mass is 19.1. The average Bonchev–Trinajstić information content (AvgIpc) is 2.26. The molecule has 2 nitrogen and oxygen atoms in total. The third kappa shape index (κ3) is 2.45. The molecule has 1 saturated heterocycles. The molecule has 0 atom stereocenters. The Balaban J connectivity index is 2.06. The van der Waals surface area contributed by atoms with Gasteiger partial charge in [-0.15, -0.1) is 0 Å². The largest absolute Gasteiger partial charge is 0.399 e. The van der Waals surface area contributed by atoms with Gasteiger partial charge in [0.05, 0.1) is 5.69 Å². The van der Waals surface area contributed by atoms with E-state index < -0.39 is 0 Å². The van der Waals surface area contributed by atoms with E-state index in [1.807, 2.05) is 0 Å². The third-order valence-electron chi connectivity index (χ3n) is 3.93. The number of nitrogens with zero attached hydrogens (tertiary/aromatic N) is 1. The van der Waals surface area contributed by atoms with Crippen LogP contribution in [0, 0.1) is 11.2 Å². The van der Waals surface area contributed by atoms with Gasteiger partial charge in [-0.2, -0.15) is 0 Å². The summed E-state index contributed by atoms with van der Waals surface area (Å²) in [5.74, 6) is -0.198. The summed E-state index contributed by atoms with van der Waals surface area (Å²) in [6.07, 6.45) is 4.90. The molecule has 0 bridgehead atoms. The first kappa shape index (κ1) is 13.2. The van der Waals surface area contributed by atoms with Crippen molar-refractivity contribution < 1.29 is 4.39 Å². The van der Waals surface area contributed by atoms with Gasteiger partial charge in [0.25, 0.3) is 0 Å². The molecule has 0 unspecified atom stereocenters. The Hall–Kier alpha value is -1.25. The lowest BCUT2D eigenvalue weighted by atomic mass is 9.72. The quantitative estimate of drug-likeness (QED) is 0.805.